The second kappa shape index (κ2) is 5.80. The second-order valence-corrected chi connectivity index (χ2v) is 4.42. The molecule has 0 bridgehead atoms. The number of ether oxygens (including phenoxy) is 1. The number of pyridine rings is 1. The Bertz CT molecular complexity index is 502. The van der Waals surface area contributed by atoms with E-state index in [2.05, 4.69) is 20.9 Å². The predicted octanol–water partition coefficient (Wildman–Crippen LogP) is 2.88. The van der Waals surface area contributed by atoms with Gasteiger partial charge < -0.3 is 10.5 Å². The molecule has 0 saturated heterocycles. The van der Waals surface area contributed by atoms with Crippen LogP contribution >= 0.6 is 15.9 Å². The van der Waals surface area contributed by atoms with Gasteiger partial charge in [0.15, 0.2) is 0 Å². The molecular weight excluding hydrogens is 280 g/mol. The number of nitrogens with two attached hydrogens (primary N) is 1. The summed E-state index contributed by atoms with van der Waals surface area (Å²) in [6.45, 7) is 0.972. The Morgan fingerprint density at radius 3 is 2.76 bits per heavy atom. The highest BCUT2D eigenvalue weighted by Crippen LogP contribution is 2.24. The molecule has 2 aromatic rings. The van der Waals surface area contributed by atoms with E-state index in [1.54, 1.807) is 12.4 Å². The molecule has 0 aliphatic heterocycles. The van der Waals surface area contributed by atoms with Crippen molar-refractivity contribution in [1.82, 2.24) is 4.98 Å². The molecule has 0 aliphatic rings. The van der Waals surface area contributed by atoms with Gasteiger partial charge in [0.25, 0.3) is 0 Å². The van der Waals surface area contributed by atoms with Gasteiger partial charge in [0.1, 0.15) is 12.4 Å². The van der Waals surface area contributed by atoms with Gasteiger partial charge in [-0.1, -0.05) is 12.1 Å². The number of benzene rings is 1. The van der Waals surface area contributed by atoms with Gasteiger partial charge in [0.05, 0.1) is 4.47 Å². The van der Waals surface area contributed by atoms with Crippen LogP contribution in [-0.4, -0.2) is 4.98 Å². The van der Waals surface area contributed by atoms with Crippen LogP contribution < -0.4 is 10.5 Å². The Morgan fingerprint density at radius 2 is 2.00 bits per heavy atom. The third-order valence-corrected chi connectivity index (χ3v) is 3.10. The summed E-state index contributed by atoms with van der Waals surface area (Å²) < 4.78 is 6.67. The number of para-hydroxylation sites is 1. The molecule has 0 unspecified atom stereocenters. The predicted molar refractivity (Wildman–Crippen MR) is 70.6 cm³/mol. The van der Waals surface area contributed by atoms with E-state index >= 15 is 0 Å². The first kappa shape index (κ1) is 12.1. The molecule has 0 fully saturated rings. The standard InChI is InChI=1S/C13H13BrN2O/c14-12-3-1-2-4-13(12)17-9-11-8-16-6-5-10(11)7-15/h1-6,8H,7,9,15H2. The molecule has 1 heterocycles. The summed E-state index contributed by atoms with van der Waals surface area (Å²) in [7, 11) is 0. The zero-order chi connectivity index (χ0) is 12.1. The fourth-order valence-electron chi connectivity index (χ4n) is 1.50. The van der Waals surface area contributed by atoms with Gasteiger partial charge in [-0.2, -0.15) is 0 Å². The third-order valence-electron chi connectivity index (χ3n) is 2.44. The van der Waals surface area contributed by atoms with Crippen LogP contribution in [0, 0.1) is 0 Å². The molecule has 0 aliphatic carbocycles. The van der Waals surface area contributed by atoms with E-state index in [9.17, 15) is 0 Å². The van der Waals surface area contributed by atoms with Crippen molar-refractivity contribution in [1.29, 1.82) is 0 Å². The zero-order valence-corrected chi connectivity index (χ0v) is 10.9. The van der Waals surface area contributed by atoms with Gasteiger partial charge in [-0.3, -0.25) is 4.98 Å². The zero-order valence-electron chi connectivity index (χ0n) is 9.27. The van der Waals surface area contributed by atoms with Gasteiger partial charge in [-0.25, -0.2) is 0 Å². The highest BCUT2D eigenvalue weighted by atomic mass is 79.9. The molecule has 0 spiro atoms. The Morgan fingerprint density at radius 1 is 1.18 bits per heavy atom. The van der Waals surface area contributed by atoms with Crippen molar-refractivity contribution < 1.29 is 4.74 Å². The molecule has 17 heavy (non-hydrogen) atoms. The summed E-state index contributed by atoms with van der Waals surface area (Å²) in [6, 6.07) is 9.67. The molecule has 1 aromatic carbocycles. The monoisotopic (exact) mass is 292 g/mol. The van der Waals surface area contributed by atoms with Gasteiger partial charge in [0, 0.05) is 24.5 Å². The van der Waals surface area contributed by atoms with Crippen LogP contribution in [-0.2, 0) is 13.2 Å². The summed E-state index contributed by atoms with van der Waals surface area (Å²) in [5, 5.41) is 0. The molecule has 0 amide bonds. The van der Waals surface area contributed by atoms with Crippen molar-refractivity contribution in [3.63, 3.8) is 0 Å². The highest BCUT2D eigenvalue weighted by Gasteiger charge is 2.03. The van der Waals surface area contributed by atoms with E-state index in [-0.39, 0.29) is 0 Å². The van der Waals surface area contributed by atoms with E-state index in [1.165, 1.54) is 0 Å². The molecule has 1 aromatic heterocycles. The maximum atomic E-state index is 5.72. The SMILES string of the molecule is NCc1ccncc1COc1ccccc1Br. The van der Waals surface area contributed by atoms with Crippen molar-refractivity contribution in [3.05, 3.63) is 58.3 Å². The van der Waals surface area contributed by atoms with Gasteiger partial charge in [-0.05, 0) is 39.7 Å². The second-order valence-electron chi connectivity index (χ2n) is 3.57. The summed E-state index contributed by atoms with van der Waals surface area (Å²) in [5.41, 5.74) is 7.74. The molecule has 0 atom stereocenters. The van der Waals surface area contributed by atoms with Crippen LogP contribution in [0.4, 0.5) is 0 Å². The number of hydrogen-bond acceptors (Lipinski definition) is 3. The van der Waals surface area contributed by atoms with Crippen LogP contribution in [0.15, 0.2) is 47.2 Å². The maximum absolute atomic E-state index is 5.72. The number of aromatic nitrogens is 1. The molecule has 0 radical (unpaired) electrons. The quantitative estimate of drug-likeness (QED) is 0.943. The summed E-state index contributed by atoms with van der Waals surface area (Å²) >= 11 is 3.44. The smallest absolute Gasteiger partial charge is 0.133 e. The largest absolute Gasteiger partial charge is 0.488 e. The lowest BCUT2D eigenvalue weighted by atomic mass is 10.1. The third kappa shape index (κ3) is 3.05. The lowest BCUT2D eigenvalue weighted by Gasteiger charge is -2.10. The van der Waals surface area contributed by atoms with Crippen LogP contribution in [0.3, 0.4) is 0 Å². The Hall–Kier alpha value is -1.39. The maximum Gasteiger partial charge on any atom is 0.133 e. The Balaban J connectivity index is 2.10. The first-order valence-electron chi connectivity index (χ1n) is 5.30. The lowest BCUT2D eigenvalue weighted by molar-refractivity contribution is 0.302. The fraction of sp³-hybridized carbons (Fsp3) is 0.154. The topological polar surface area (TPSA) is 48.1 Å². The average molecular weight is 293 g/mol. The highest BCUT2D eigenvalue weighted by molar-refractivity contribution is 9.10. The molecule has 2 N–H and O–H groups in total. The minimum absolute atomic E-state index is 0.475. The first-order chi connectivity index (χ1) is 8.31. The summed E-state index contributed by atoms with van der Waals surface area (Å²) in [4.78, 5) is 4.08. The number of nitrogens with zero attached hydrogens (tertiary/aromatic N) is 1. The molecule has 3 nitrogen and oxygen atoms in total. The van der Waals surface area contributed by atoms with Gasteiger partial charge in [0.2, 0.25) is 0 Å². The van der Waals surface area contributed by atoms with E-state index in [4.69, 9.17) is 10.5 Å². The minimum atomic E-state index is 0.475. The van der Waals surface area contributed by atoms with E-state index < -0.39 is 0 Å². The molecule has 4 heteroatoms. The molecule has 0 saturated carbocycles. The molecule has 2 rings (SSSR count). The van der Waals surface area contributed by atoms with E-state index in [0.717, 1.165) is 21.3 Å². The van der Waals surface area contributed by atoms with E-state index in [1.807, 2.05) is 30.3 Å². The fourth-order valence-corrected chi connectivity index (χ4v) is 1.90. The number of rotatable bonds is 4. The lowest BCUT2D eigenvalue weighted by Crippen LogP contribution is -2.05. The van der Waals surface area contributed by atoms with E-state index in [0.29, 0.717) is 13.2 Å². The first-order valence-corrected chi connectivity index (χ1v) is 6.09. The van der Waals surface area contributed by atoms with Crippen LogP contribution in [0.5, 0.6) is 5.75 Å². The Kier molecular flexibility index (Phi) is 4.12. The normalized spacial score (nSPS) is 10.2. The molecule has 88 valence electrons. The summed E-state index contributed by atoms with van der Waals surface area (Å²) in [6.07, 6.45) is 3.53. The van der Waals surface area contributed by atoms with Crippen LogP contribution in [0.2, 0.25) is 0 Å². The van der Waals surface area contributed by atoms with Crippen molar-refractivity contribution >= 4 is 15.9 Å². The van der Waals surface area contributed by atoms with Gasteiger partial charge in [-0.15, -0.1) is 0 Å². The summed E-state index contributed by atoms with van der Waals surface area (Å²) in [5.74, 6) is 0.819. The van der Waals surface area contributed by atoms with Crippen molar-refractivity contribution in [3.8, 4) is 5.75 Å². The number of halogens is 1. The molecular formula is C13H13BrN2O. The van der Waals surface area contributed by atoms with Crippen molar-refractivity contribution in [2.24, 2.45) is 5.73 Å². The van der Waals surface area contributed by atoms with Gasteiger partial charge >= 0.3 is 0 Å². The van der Waals surface area contributed by atoms with Crippen LogP contribution in [0.25, 0.3) is 0 Å². The average Bonchev–Trinajstić information content (AvgIpc) is 2.38. The van der Waals surface area contributed by atoms with Crippen molar-refractivity contribution in [2.75, 3.05) is 0 Å². The van der Waals surface area contributed by atoms with Crippen molar-refractivity contribution in [2.45, 2.75) is 13.2 Å². The minimum Gasteiger partial charge on any atom is -0.488 e. The van der Waals surface area contributed by atoms with Crippen LogP contribution in [0.1, 0.15) is 11.1 Å². The Labute approximate surface area is 109 Å². The number of hydrogen-bond donors (Lipinski definition) is 1.